The summed E-state index contributed by atoms with van der Waals surface area (Å²) >= 11 is 0. The van der Waals surface area contributed by atoms with Gasteiger partial charge in [-0.25, -0.2) is 9.97 Å². The maximum atomic E-state index is 7.50. The minimum Gasteiger partial charge on any atom is -0.441 e. The van der Waals surface area contributed by atoms with Gasteiger partial charge >= 0.3 is 0 Å². The van der Waals surface area contributed by atoms with E-state index in [1.54, 1.807) is 12.3 Å². The highest BCUT2D eigenvalue weighted by atomic mass is 16.5. The quantitative estimate of drug-likeness (QED) is 0.271. The molecular weight excluding hydrogens is 428 g/mol. The van der Waals surface area contributed by atoms with E-state index in [-0.39, 0.29) is 0 Å². The maximum absolute atomic E-state index is 7.50. The molecule has 2 heterocycles. The Morgan fingerprint density at radius 1 is 1.12 bits per heavy atom. The lowest BCUT2D eigenvalue weighted by atomic mass is 9.92. The molecule has 0 radical (unpaired) electrons. The van der Waals surface area contributed by atoms with Crippen LogP contribution in [0.25, 0.3) is 11.4 Å². The van der Waals surface area contributed by atoms with Crippen molar-refractivity contribution < 1.29 is 9.47 Å². The first-order valence-electron chi connectivity index (χ1n) is 11.5. The van der Waals surface area contributed by atoms with Gasteiger partial charge in [-0.1, -0.05) is 12.1 Å². The van der Waals surface area contributed by atoms with Crippen molar-refractivity contribution in [2.75, 3.05) is 37.4 Å². The largest absolute Gasteiger partial charge is 0.441 e. The fourth-order valence-corrected chi connectivity index (χ4v) is 4.00. The molecule has 0 unspecified atom stereocenters. The van der Waals surface area contributed by atoms with Crippen LogP contribution < -0.4 is 15.8 Å². The Balaban J connectivity index is 1.36. The van der Waals surface area contributed by atoms with E-state index in [4.69, 9.17) is 20.6 Å². The van der Waals surface area contributed by atoms with E-state index in [9.17, 15) is 0 Å². The summed E-state index contributed by atoms with van der Waals surface area (Å²) in [6.07, 6.45) is 6.36. The zero-order chi connectivity index (χ0) is 23.3. The molecule has 1 aliphatic heterocycles. The number of nitrogens with one attached hydrogen (secondary N) is 2. The van der Waals surface area contributed by atoms with Gasteiger partial charge in [0.15, 0.2) is 11.7 Å². The molecule has 2 aliphatic rings. The first-order valence-corrected chi connectivity index (χ1v) is 11.5. The third kappa shape index (κ3) is 4.87. The van der Waals surface area contributed by atoms with Crippen LogP contribution in [0.5, 0.6) is 5.75 Å². The predicted molar refractivity (Wildman–Crippen MR) is 133 cm³/mol. The minimum atomic E-state index is 0.564. The molecule has 1 saturated carbocycles. The first kappa shape index (κ1) is 21.9. The van der Waals surface area contributed by atoms with Gasteiger partial charge in [-0.15, -0.1) is 0 Å². The summed E-state index contributed by atoms with van der Waals surface area (Å²) in [6, 6.07) is 15.2. The molecular formula is C26H28N6O2. The standard InChI is InChI=1S/C26H28N6O2/c27-17-20-15-21(7-8-23(20)28)30-24-9-10-29-25(31-24)19-5-2-6-22(16-19)34-26(18-3-1-4-18)32-11-13-33-14-12-32/h2,5-10,15-17,27H,1,3-4,11-14,28H2,(H,29,30,31). The SMILES string of the molecule is N=Cc1cc(Nc2ccnc(-c3cccc(OC(=C4CCC4)N4CCOCC4)c3)n2)ccc1N. The normalized spacial score (nSPS) is 15.4. The number of hydrogen-bond acceptors (Lipinski definition) is 8. The van der Waals surface area contributed by atoms with Crippen molar-refractivity contribution in [3.63, 3.8) is 0 Å². The zero-order valence-corrected chi connectivity index (χ0v) is 19.0. The van der Waals surface area contributed by atoms with Crippen LogP contribution in [0, 0.1) is 5.41 Å². The van der Waals surface area contributed by atoms with Gasteiger partial charge in [0.05, 0.1) is 13.2 Å². The van der Waals surface area contributed by atoms with Crippen LogP contribution in [-0.4, -0.2) is 47.4 Å². The molecule has 4 N–H and O–H groups in total. The van der Waals surface area contributed by atoms with Crippen LogP contribution in [0.15, 0.2) is 66.2 Å². The Morgan fingerprint density at radius 3 is 2.74 bits per heavy atom. The van der Waals surface area contributed by atoms with E-state index in [0.29, 0.717) is 22.9 Å². The second-order valence-electron chi connectivity index (χ2n) is 8.37. The Hall–Kier alpha value is -3.91. The topological polar surface area (TPSA) is 109 Å². The van der Waals surface area contributed by atoms with E-state index < -0.39 is 0 Å². The molecule has 1 saturated heterocycles. The number of aromatic nitrogens is 2. The van der Waals surface area contributed by atoms with E-state index in [0.717, 1.165) is 62.0 Å². The molecule has 2 fully saturated rings. The highest BCUT2D eigenvalue weighted by Crippen LogP contribution is 2.33. The van der Waals surface area contributed by atoms with E-state index >= 15 is 0 Å². The van der Waals surface area contributed by atoms with Gasteiger partial charge in [0.1, 0.15) is 11.6 Å². The lowest BCUT2D eigenvalue weighted by Crippen LogP contribution is -2.38. The van der Waals surface area contributed by atoms with Gasteiger partial charge in [-0.2, -0.15) is 0 Å². The van der Waals surface area contributed by atoms with Crippen LogP contribution in [0.4, 0.5) is 17.2 Å². The summed E-state index contributed by atoms with van der Waals surface area (Å²) < 4.78 is 11.9. The maximum Gasteiger partial charge on any atom is 0.195 e. The average molecular weight is 457 g/mol. The second kappa shape index (κ2) is 9.93. The van der Waals surface area contributed by atoms with Crippen molar-refractivity contribution in [3.8, 4) is 17.1 Å². The number of anilines is 3. The molecule has 5 rings (SSSR count). The van der Waals surface area contributed by atoms with Gasteiger partial charge in [-0.05, 0) is 61.2 Å². The number of nitrogens with two attached hydrogens (primary N) is 1. The molecule has 1 aromatic heterocycles. The van der Waals surface area contributed by atoms with Crippen LogP contribution in [0.3, 0.4) is 0 Å². The molecule has 0 atom stereocenters. The fourth-order valence-electron chi connectivity index (χ4n) is 4.00. The third-order valence-electron chi connectivity index (χ3n) is 6.03. The smallest absolute Gasteiger partial charge is 0.195 e. The highest BCUT2D eigenvalue weighted by Gasteiger charge is 2.23. The lowest BCUT2D eigenvalue weighted by molar-refractivity contribution is 0.0328. The van der Waals surface area contributed by atoms with Gasteiger partial charge in [0.25, 0.3) is 0 Å². The number of rotatable bonds is 7. The zero-order valence-electron chi connectivity index (χ0n) is 19.0. The number of allylic oxidation sites excluding steroid dienone is 1. The summed E-state index contributed by atoms with van der Waals surface area (Å²) in [7, 11) is 0. The third-order valence-corrected chi connectivity index (χ3v) is 6.03. The highest BCUT2D eigenvalue weighted by molar-refractivity contribution is 5.87. The Labute approximate surface area is 198 Å². The van der Waals surface area contributed by atoms with Crippen LogP contribution >= 0.6 is 0 Å². The number of nitrogens with zero attached hydrogens (tertiary/aromatic N) is 3. The molecule has 3 aromatic rings. The van der Waals surface area contributed by atoms with E-state index in [2.05, 4.69) is 20.2 Å². The summed E-state index contributed by atoms with van der Waals surface area (Å²) in [6.45, 7) is 3.15. The second-order valence-corrected chi connectivity index (χ2v) is 8.37. The molecule has 34 heavy (non-hydrogen) atoms. The van der Waals surface area contributed by atoms with Gasteiger partial charge < -0.3 is 30.8 Å². The number of morpholine rings is 1. The number of hydrogen-bond donors (Lipinski definition) is 3. The van der Waals surface area contributed by atoms with Gasteiger partial charge in [0.2, 0.25) is 0 Å². The summed E-state index contributed by atoms with van der Waals surface area (Å²) in [5.41, 5.74) is 10.2. The van der Waals surface area contributed by atoms with Crippen LogP contribution in [0.1, 0.15) is 24.8 Å². The predicted octanol–water partition coefficient (Wildman–Crippen LogP) is 4.57. The molecule has 8 heteroatoms. The molecule has 1 aliphatic carbocycles. The Morgan fingerprint density at radius 2 is 1.97 bits per heavy atom. The summed E-state index contributed by atoms with van der Waals surface area (Å²) in [4.78, 5) is 11.4. The van der Waals surface area contributed by atoms with Crippen molar-refractivity contribution >= 4 is 23.4 Å². The molecule has 174 valence electrons. The number of nitrogen functional groups attached to an aromatic ring is 1. The van der Waals surface area contributed by atoms with Crippen molar-refractivity contribution in [2.45, 2.75) is 19.3 Å². The van der Waals surface area contributed by atoms with Gasteiger partial charge in [0, 0.05) is 48.0 Å². The first-order chi connectivity index (χ1) is 16.7. The molecule has 0 bridgehead atoms. The average Bonchev–Trinajstić information content (AvgIpc) is 2.85. The Bertz CT molecular complexity index is 1210. The summed E-state index contributed by atoms with van der Waals surface area (Å²) in [5.74, 6) is 3.01. The number of benzene rings is 2. The number of ether oxygens (including phenoxy) is 2. The van der Waals surface area contributed by atoms with Gasteiger partial charge in [-0.3, -0.25) is 0 Å². The minimum absolute atomic E-state index is 0.564. The van der Waals surface area contributed by atoms with Crippen LogP contribution in [-0.2, 0) is 4.74 Å². The van der Waals surface area contributed by atoms with Crippen LogP contribution in [0.2, 0.25) is 0 Å². The molecule has 0 spiro atoms. The van der Waals surface area contributed by atoms with E-state index in [1.165, 1.54) is 18.2 Å². The summed E-state index contributed by atoms with van der Waals surface area (Å²) in [5, 5.41) is 10.8. The molecule has 2 aromatic carbocycles. The lowest BCUT2D eigenvalue weighted by Gasteiger charge is -2.34. The van der Waals surface area contributed by atoms with Crippen molar-refractivity contribution in [3.05, 3.63) is 71.7 Å². The van der Waals surface area contributed by atoms with Crippen molar-refractivity contribution in [1.29, 1.82) is 5.41 Å². The van der Waals surface area contributed by atoms with E-state index in [1.807, 2.05) is 42.5 Å². The van der Waals surface area contributed by atoms with Crippen molar-refractivity contribution in [2.24, 2.45) is 0 Å². The fraction of sp³-hybridized carbons (Fsp3) is 0.269. The monoisotopic (exact) mass is 456 g/mol. The Kier molecular flexibility index (Phi) is 6.40. The molecule has 0 amide bonds. The van der Waals surface area contributed by atoms with Crippen molar-refractivity contribution in [1.82, 2.24) is 14.9 Å². The molecule has 8 nitrogen and oxygen atoms in total.